The molecule has 0 N–H and O–H groups in total. The van der Waals surface area contributed by atoms with Gasteiger partial charge in [-0.05, 0) is 113 Å². The van der Waals surface area contributed by atoms with Crippen molar-refractivity contribution in [1.82, 2.24) is 4.98 Å². The first kappa shape index (κ1) is 34.2. The first-order valence-corrected chi connectivity index (χ1v) is 21.1. The van der Waals surface area contributed by atoms with Gasteiger partial charge in [0.1, 0.15) is 0 Å². The fourth-order valence-corrected chi connectivity index (χ4v) is 10.3. The van der Waals surface area contributed by atoms with Crippen LogP contribution in [-0.4, -0.2) is 4.98 Å². The Hall–Kier alpha value is -7.05. The number of benzene rings is 8. The molecular weight excluding hydrogens is 743 g/mol. The van der Waals surface area contributed by atoms with Crippen LogP contribution in [-0.2, 0) is 0 Å². The predicted molar refractivity (Wildman–Crippen MR) is 250 cm³/mol. The smallest absolute Gasteiger partial charge is 0.0897 e. The molecule has 11 aromatic rings. The topological polar surface area (TPSA) is 19.4 Å². The molecule has 5 heteroatoms. The summed E-state index contributed by atoms with van der Waals surface area (Å²) in [4.78, 5) is 10.1. The highest BCUT2D eigenvalue weighted by Gasteiger charge is 2.19. The van der Waals surface area contributed by atoms with Gasteiger partial charge in [-0.3, -0.25) is 0 Å². The van der Waals surface area contributed by atoms with Crippen molar-refractivity contribution in [1.29, 1.82) is 0 Å². The van der Waals surface area contributed by atoms with Crippen molar-refractivity contribution >= 4 is 97.4 Å². The number of rotatable bonds is 8. The molecule has 274 valence electrons. The minimum absolute atomic E-state index is 1.06. The Morgan fingerprint density at radius 2 is 0.603 bits per heavy atom. The van der Waals surface area contributed by atoms with E-state index in [2.05, 4.69) is 222 Å². The second kappa shape index (κ2) is 14.5. The maximum Gasteiger partial charge on any atom is 0.0897 e. The molecule has 0 unspecified atom stereocenters. The van der Waals surface area contributed by atoms with Crippen molar-refractivity contribution in [2.24, 2.45) is 0 Å². The molecule has 3 heterocycles. The SMILES string of the molecule is c1ccc(-c2ccc(N(c3ccccc3)c3ccc4c(c3)sc3cc5sc6cc(N(c7ccccc7)c7ccc(-c8ccccc8)cc7)ccc6c5nc34)cc2)cc1. The molecule has 8 aromatic carbocycles. The lowest BCUT2D eigenvalue weighted by atomic mass is 10.0. The van der Waals surface area contributed by atoms with Crippen LogP contribution in [0.25, 0.3) is 62.9 Å². The molecule has 3 aromatic heterocycles. The van der Waals surface area contributed by atoms with Crippen LogP contribution in [0.4, 0.5) is 34.1 Å². The van der Waals surface area contributed by atoms with E-state index in [-0.39, 0.29) is 0 Å². The lowest BCUT2D eigenvalue weighted by Crippen LogP contribution is -2.09. The zero-order valence-corrected chi connectivity index (χ0v) is 33.0. The van der Waals surface area contributed by atoms with Gasteiger partial charge in [0.15, 0.2) is 0 Å². The zero-order valence-electron chi connectivity index (χ0n) is 31.4. The molecule has 3 nitrogen and oxygen atoms in total. The first-order valence-electron chi connectivity index (χ1n) is 19.4. The molecule has 0 saturated carbocycles. The molecule has 0 atom stereocenters. The standard InChI is InChI=1S/C53H35N3S2/c1-5-13-36(14-6-1)38-21-25-42(26-22-38)55(40-17-9-3-10-18-40)44-29-31-46-48(33-44)57-50-35-51-53(54-52(46)50)47-32-30-45(34-49(47)58-51)56(41-19-11-4-12-20-41)43-27-23-39(24-28-43)37-15-7-2-8-16-37/h1-35H. The maximum atomic E-state index is 5.41. The van der Waals surface area contributed by atoms with Crippen LogP contribution < -0.4 is 9.80 Å². The van der Waals surface area contributed by atoms with E-state index in [4.69, 9.17) is 4.98 Å². The summed E-state index contributed by atoms with van der Waals surface area (Å²) in [7, 11) is 0. The molecule has 0 aliphatic rings. The van der Waals surface area contributed by atoms with E-state index in [0.29, 0.717) is 0 Å². The van der Waals surface area contributed by atoms with Crippen LogP contribution in [0.1, 0.15) is 0 Å². The molecule has 0 fully saturated rings. The Balaban J connectivity index is 0.966. The molecule has 0 aliphatic heterocycles. The minimum Gasteiger partial charge on any atom is -0.310 e. The summed E-state index contributed by atoms with van der Waals surface area (Å²) < 4.78 is 4.86. The minimum atomic E-state index is 1.06. The number of nitrogens with zero attached hydrogens (tertiary/aromatic N) is 3. The highest BCUT2D eigenvalue weighted by atomic mass is 32.1. The average molecular weight is 778 g/mol. The number of anilines is 6. The van der Waals surface area contributed by atoms with E-state index in [0.717, 1.165) is 45.2 Å². The molecule has 58 heavy (non-hydrogen) atoms. The number of hydrogen-bond acceptors (Lipinski definition) is 5. The largest absolute Gasteiger partial charge is 0.310 e. The van der Waals surface area contributed by atoms with Gasteiger partial charge in [0.2, 0.25) is 0 Å². The monoisotopic (exact) mass is 777 g/mol. The van der Waals surface area contributed by atoms with Crippen LogP contribution in [0.15, 0.2) is 212 Å². The molecule has 11 rings (SSSR count). The highest BCUT2D eigenvalue weighted by molar-refractivity contribution is 7.28. The second-order valence-electron chi connectivity index (χ2n) is 14.4. The molecule has 0 amide bonds. The Bertz CT molecular complexity index is 2980. The van der Waals surface area contributed by atoms with E-state index < -0.39 is 0 Å². The lowest BCUT2D eigenvalue weighted by Gasteiger charge is -2.25. The summed E-state index contributed by atoms with van der Waals surface area (Å²) in [6.45, 7) is 0. The zero-order chi connectivity index (χ0) is 38.4. The van der Waals surface area contributed by atoms with Gasteiger partial charge in [-0.15, -0.1) is 22.7 Å². The first-order chi connectivity index (χ1) is 28.7. The van der Waals surface area contributed by atoms with Crippen LogP contribution >= 0.6 is 22.7 Å². The van der Waals surface area contributed by atoms with Crippen LogP contribution in [0.3, 0.4) is 0 Å². The Morgan fingerprint density at radius 1 is 0.276 bits per heavy atom. The van der Waals surface area contributed by atoms with E-state index >= 15 is 0 Å². The number of pyridine rings is 1. The summed E-state index contributed by atoms with van der Waals surface area (Å²) in [5, 5.41) is 2.37. The van der Waals surface area contributed by atoms with Gasteiger partial charge >= 0.3 is 0 Å². The third-order valence-electron chi connectivity index (χ3n) is 10.8. The van der Waals surface area contributed by atoms with Crippen molar-refractivity contribution in [3.05, 3.63) is 212 Å². The van der Waals surface area contributed by atoms with Crippen LogP contribution in [0.2, 0.25) is 0 Å². The predicted octanol–water partition coefficient (Wildman–Crippen LogP) is 16.1. The van der Waals surface area contributed by atoms with E-state index in [1.807, 2.05) is 22.7 Å². The number of hydrogen-bond donors (Lipinski definition) is 0. The van der Waals surface area contributed by atoms with E-state index in [1.54, 1.807) is 0 Å². The van der Waals surface area contributed by atoms with Gasteiger partial charge < -0.3 is 9.80 Å². The van der Waals surface area contributed by atoms with Gasteiger partial charge in [0, 0.05) is 54.3 Å². The van der Waals surface area contributed by atoms with Gasteiger partial charge in [-0.25, -0.2) is 4.98 Å². The van der Waals surface area contributed by atoms with Crippen LogP contribution in [0, 0.1) is 0 Å². The summed E-state index contributed by atoms with van der Waals surface area (Å²) in [6.07, 6.45) is 0. The third-order valence-corrected chi connectivity index (χ3v) is 13.0. The summed E-state index contributed by atoms with van der Waals surface area (Å²) >= 11 is 3.64. The number of fused-ring (bicyclic) bond motifs is 6. The fraction of sp³-hybridized carbons (Fsp3) is 0. The molecule has 0 aliphatic carbocycles. The van der Waals surface area contributed by atoms with Gasteiger partial charge in [0.05, 0.1) is 20.4 Å². The van der Waals surface area contributed by atoms with Crippen molar-refractivity contribution in [2.45, 2.75) is 0 Å². The lowest BCUT2D eigenvalue weighted by molar-refractivity contribution is 1.29. The Kier molecular flexibility index (Phi) is 8.54. The fourth-order valence-electron chi connectivity index (χ4n) is 8.03. The molecular formula is C53H35N3S2. The van der Waals surface area contributed by atoms with E-state index in [1.165, 1.54) is 51.8 Å². The average Bonchev–Trinajstić information content (AvgIpc) is 3.84. The van der Waals surface area contributed by atoms with Crippen LogP contribution in [0.5, 0.6) is 0 Å². The summed E-state index contributed by atoms with van der Waals surface area (Å²) in [5.74, 6) is 0. The molecule has 0 radical (unpaired) electrons. The number of thiophene rings is 2. The normalized spacial score (nSPS) is 11.4. The Morgan fingerprint density at radius 3 is 1.00 bits per heavy atom. The number of para-hydroxylation sites is 2. The van der Waals surface area contributed by atoms with Crippen molar-refractivity contribution in [3.8, 4) is 22.3 Å². The van der Waals surface area contributed by atoms with Gasteiger partial charge in [0.25, 0.3) is 0 Å². The summed E-state index contributed by atoms with van der Waals surface area (Å²) in [6, 6.07) is 76.0. The van der Waals surface area contributed by atoms with Gasteiger partial charge in [-0.2, -0.15) is 0 Å². The number of aromatic nitrogens is 1. The third kappa shape index (κ3) is 6.18. The summed E-state index contributed by atoms with van der Waals surface area (Å²) in [5.41, 5.74) is 13.7. The van der Waals surface area contributed by atoms with Gasteiger partial charge in [-0.1, -0.05) is 121 Å². The Labute approximate surface area is 345 Å². The molecule has 0 bridgehead atoms. The van der Waals surface area contributed by atoms with E-state index in [9.17, 15) is 0 Å². The van der Waals surface area contributed by atoms with Crippen molar-refractivity contribution in [3.63, 3.8) is 0 Å². The van der Waals surface area contributed by atoms with Crippen molar-refractivity contribution in [2.75, 3.05) is 9.80 Å². The van der Waals surface area contributed by atoms with Crippen molar-refractivity contribution < 1.29 is 0 Å². The molecule has 0 saturated heterocycles. The second-order valence-corrected chi connectivity index (χ2v) is 16.6. The highest BCUT2D eigenvalue weighted by Crippen LogP contribution is 2.45. The quantitative estimate of drug-likeness (QED) is 0.153. The maximum absolute atomic E-state index is 5.41. The molecule has 0 spiro atoms.